The number of pyridine rings is 1. The standard InChI is InChI=1S/C23H26BrN5O2S/c1-14(30)28-8-3-15(4-9-28)5-10-29-18-2-7-26-22(25)21(18)27-23(29)32-20-13-19-16(6-11-31-19)12-17(20)24/h2,7,12-13,15H,3-6,8-11H2,1H3,(H2,25,26). The highest BCUT2D eigenvalue weighted by molar-refractivity contribution is 9.10. The molecule has 9 heteroatoms. The fourth-order valence-electron chi connectivity index (χ4n) is 4.55. The van der Waals surface area contributed by atoms with E-state index in [2.05, 4.69) is 37.6 Å². The molecule has 7 nitrogen and oxygen atoms in total. The normalized spacial score (nSPS) is 16.4. The number of aromatic nitrogens is 3. The molecule has 0 atom stereocenters. The Kier molecular flexibility index (Phi) is 6.03. The molecule has 168 valence electrons. The molecule has 32 heavy (non-hydrogen) atoms. The van der Waals surface area contributed by atoms with Gasteiger partial charge in [0.15, 0.2) is 11.0 Å². The number of nitrogen functional groups attached to an aromatic ring is 1. The molecule has 1 saturated heterocycles. The van der Waals surface area contributed by atoms with Crippen LogP contribution < -0.4 is 10.5 Å². The number of benzene rings is 1. The molecule has 0 unspecified atom stereocenters. The summed E-state index contributed by atoms with van der Waals surface area (Å²) in [4.78, 5) is 23.7. The van der Waals surface area contributed by atoms with Gasteiger partial charge in [0.25, 0.3) is 0 Å². The maximum atomic E-state index is 11.6. The lowest BCUT2D eigenvalue weighted by atomic mass is 9.93. The fraction of sp³-hybridized carbons (Fsp3) is 0.435. The first-order valence-electron chi connectivity index (χ1n) is 11.0. The average Bonchev–Trinajstić information content (AvgIpc) is 3.37. The number of carbonyl (C=O) groups is 1. The summed E-state index contributed by atoms with van der Waals surface area (Å²) in [6.45, 7) is 4.95. The molecule has 0 spiro atoms. The number of ether oxygens (including phenoxy) is 1. The first-order valence-corrected chi connectivity index (χ1v) is 12.6. The number of hydrogen-bond acceptors (Lipinski definition) is 6. The van der Waals surface area contributed by atoms with E-state index in [-0.39, 0.29) is 5.91 Å². The quantitative estimate of drug-likeness (QED) is 0.537. The third-order valence-corrected chi connectivity index (χ3v) is 8.40. The summed E-state index contributed by atoms with van der Waals surface area (Å²) in [5.41, 5.74) is 9.15. The van der Waals surface area contributed by atoms with Gasteiger partial charge in [-0.05, 0) is 64.9 Å². The Bertz CT molecular complexity index is 1170. The van der Waals surface area contributed by atoms with Crippen molar-refractivity contribution in [3.8, 4) is 5.75 Å². The monoisotopic (exact) mass is 515 g/mol. The molecule has 2 aliphatic rings. The first kappa shape index (κ1) is 21.6. The third-order valence-electron chi connectivity index (χ3n) is 6.43. The van der Waals surface area contributed by atoms with Crippen LogP contribution in [-0.2, 0) is 17.8 Å². The Balaban J connectivity index is 1.40. The topological polar surface area (TPSA) is 86.3 Å². The van der Waals surface area contributed by atoms with Crippen LogP contribution in [0.15, 0.2) is 38.9 Å². The van der Waals surface area contributed by atoms with E-state index in [1.54, 1.807) is 24.9 Å². The smallest absolute Gasteiger partial charge is 0.219 e. The van der Waals surface area contributed by atoms with Crippen molar-refractivity contribution in [2.75, 3.05) is 25.4 Å². The lowest BCUT2D eigenvalue weighted by molar-refractivity contribution is -0.130. The number of piperidine rings is 1. The van der Waals surface area contributed by atoms with Gasteiger partial charge in [-0.25, -0.2) is 9.97 Å². The van der Waals surface area contributed by atoms with Crippen molar-refractivity contribution >= 4 is 50.5 Å². The van der Waals surface area contributed by atoms with Crippen molar-refractivity contribution in [1.82, 2.24) is 19.4 Å². The first-order chi connectivity index (χ1) is 15.5. The Morgan fingerprint density at radius 1 is 1.34 bits per heavy atom. The number of anilines is 1. The number of nitrogens with zero attached hydrogens (tertiary/aromatic N) is 4. The van der Waals surface area contributed by atoms with Gasteiger partial charge in [0.2, 0.25) is 5.91 Å². The number of hydrogen-bond donors (Lipinski definition) is 1. The highest BCUT2D eigenvalue weighted by atomic mass is 79.9. The van der Waals surface area contributed by atoms with Crippen LogP contribution in [0.5, 0.6) is 5.75 Å². The zero-order valence-corrected chi connectivity index (χ0v) is 20.4. The maximum Gasteiger partial charge on any atom is 0.219 e. The van der Waals surface area contributed by atoms with Crippen LogP contribution in [-0.4, -0.2) is 45.0 Å². The van der Waals surface area contributed by atoms with Crippen molar-refractivity contribution in [1.29, 1.82) is 0 Å². The lowest BCUT2D eigenvalue weighted by Gasteiger charge is -2.31. The summed E-state index contributed by atoms with van der Waals surface area (Å²) >= 11 is 5.35. The molecule has 1 aromatic carbocycles. The van der Waals surface area contributed by atoms with Gasteiger partial charge in [-0.3, -0.25) is 4.79 Å². The Labute approximate surface area is 199 Å². The molecule has 2 aromatic heterocycles. The molecule has 3 aromatic rings. The number of carbonyl (C=O) groups excluding carboxylic acids is 1. The second-order valence-electron chi connectivity index (χ2n) is 8.44. The molecule has 0 bridgehead atoms. The number of fused-ring (bicyclic) bond motifs is 2. The van der Waals surface area contributed by atoms with Gasteiger partial charge in [0.05, 0.1) is 12.1 Å². The number of halogens is 1. The van der Waals surface area contributed by atoms with E-state index >= 15 is 0 Å². The summed E-state index contributed by atoms with van der Waals surface area (Å²) in [6, 6.07) is 6.23. The van der Waals surface area contributed by atoms with E-state index in [0.717, 1.165) is 83.2 Å². The predicted molar refractivity (Wildman–Crippen MR) is 129 cm³/mol. The summed E-state index contributed by atoms with van der Waals surface area (Å²) < 4.78 is 9.08. The zero-order chi connectivity index (χ0) is 22.2. The van der Waals surface area contributed by atoms with E-state index in [0.29, 0.717) is 11.7 Å². The molecule has 2 aliphatic heterocycles. The van der Waals surface area contributed by atoms with Gasteiger partial charge in [-0.15, -0.1) is 0 Å². The molecule has 0 saturated carbocycles. The molecular weight excluding hydrogens is 490 g/mol. The van der Waals surface area contributed by atoms with Crippen LogP contribution >= 0.6 is 27.7 Å². The van der Waals surface area contributed by atoms with Crippen molar-refractivity contribution < 1.29 is 9.53 Å². The molecule has 2 N–H and O–H groups in total. The molecule has 0 radical (unpaired) electrons. The number of imidazole rings is 1. The largest absolute Gasteiger partial charge is 0.493 e. The van der Waals surface area contributed by atoms with Crippen LogP contribution in [0.3, 0.4) is 0 Å². The molecule has 5 rings (SSSR count). The second kappa shape index (κ2) is 8.94. The molecule has 1 amide bonds. The average molecular weight is 516 g/mol. The van der Waals surface area contributed by atoms with E-state index < -0.39 is 0 Å². The summed E-state index contributed by atoms with van der Waals surface area (Å²) in [5, 5.41) is 0.902. The van der Waals surface area contributed by atoms with Crippen LogP contribution in [0, 0.1) is 5.92 Å². The SMILES string of the molecule is CC(=O)N1CCC(CCn2c(Sc3cc4c(cc3Br)CCO4)nc3c(N)nccc32)CC1. The van der Waals surface area contributed by atoms with Gasteiger partial charge >= 0.3 is 0 Å². The van der Waals surface area contributed by atoms with Gasteiger partial charge in [0, 0.05) is 48.5 Å². The Hall–Kier alpha value is -2.26. The van der Waals surface area contributed by atoms with Crippen LogP contribution in [0.4, 0.5) is 5.82 Å². The van der Waals surface area contributed by atoms with Crippen LogP contribution in [0.1, 0.15) is 31.7 Å². The van der Waals surface area contributed by atoms with E-state index in [1.807, 2.05) is 11.0 Å². The van der Waals surface area contributed by atoms with Crippen LogP contribution in [0.25, 0.3) is 11.0 Å². The van der Waals surface area contributed by atoms with Crippen molar-refractivity contribution in [2.24, 2.45) is 5.92 Å². The van der Waals surface area contributed by atoms with Gasteiger partial charge < -0.3 is 19.9 Å². The lowest BCUT2D eigenvalue weighted by Crippen LogP contribution is -2.37. The summed E-state index contributed by atoms with van der Waals surface area (Å²) in [7, 11) is 0. The van der Waals surface area contributed by atoms with E-state index in [9.17, 15) is 4.79 Å². The summed E-state index contributed by atoms with van der Waals surface area (Å²) in [6.07, 6.45) is 5.83. The number of amides is 1. The zero-order valence-electron chi connectivity index (χ0n) is 18.0. The number of aryl methyl sites for hydroxylation is 1. The maximum absolute atomic E-state index is 11.6. The van der Waals surface area contributed by atoms with Gasteiger partial charge in [0.1, 0.15) is 11.3 Å². The predicted octanol–water partition coefficient (Wildman–Crippen LogP) is 4.51. The highest BCUT2D eigenvalue weighted by Crippen LogP contribution is 2.40. The summed E-state index contributed by atoms with van der Waals surface area (Å²) in [5.74, 6) is 2.18. The molecular formula is C23H26BrN5O2S. The molecule has 1 fully saturated rings. The highest BCUT2D eigenvalue weighted by Gasteiger charge is 2.23. The minimum Gasteiger partial charge on any atom is -0.493 e. The van der Waals surface area contributed by atoms with E-state index in [4.69, 9.17) is 15.5 Å². The third kappa shape index (κ3) is 4.20. The minimum atomic E-state index is 0.176. The number of likely N-dealkylation sites (tertiary alicyclic amines) is 1. The number of nitrogens with two attached hydrogens (primary N) is 1. The van der Waals surface area contributed by atoms with Crippen molar-refractivity contribution in [3.05, 3.63) is 34.4 Å². The van der Waals surface area contributed by atoms with Crippen molar-refractivity contribution in [2.45, 2.75) is 49.2 Å². The Morgan fingerprint density at radius 3 is 2.94 bits per heavy atom. The fourth-order valence-corrected chi connectivity index (χ4v) is 6.14. The van der Waals surface area contributed by atoms with E-state index in [1.165, 1.54) is 5.56 Å². The Morgan fingerprint density at radius 2 is 2.16 bits per heavy atom. The minimum absolute atomic E-state index is 0.176. The number of rotatable bonds is 5. The second-order valence-corrected chi connectivity index (χ2v) is 10.3. The molecule has 0 aliphatic carbocycles. The molecule has 4 heterocycles. The van der Waals surface area contributed by atoms with Gasteiger partial charge in [-0.1, -0.05) is 11.8 Å². The van der Waals surface area contributed by atoms with Crippen LogP contribution in [0.2, 0.25) is 0 Å². The van der Waals surface area contributed by atoms with Crippen molar-refractivity contribution in [3.63, 3.8) is 0 Å². The van der Waals surface area contributed by atoms with Gasteiger partial charge in [-0.2, -0.15) is 0 Å².